The summed E-state index contributed by atoms with van der Waals surface area (Å²) in [5, 5.41) is 6.70. The Morgan fingerprint density at radius 1 is 1.60 bits per heavy atom. The summed E-state index contributed by atoms with van der Waals surface area (Å²) >= 11 is 1.13. The number of hydrogen-bond acceptors (Lipinski definition) is 5. The Morgan fingerprint density at radius 3 is 3.05 bits per heavy atom. The number of aromatic nitrogens is 2. The van der Waals surface area contributed by atoms with Gasteiger partial charge in [-0.1, -0.05) is 17.8 Å². The number of carbonyl (C=O) groups excluding carboxylic acids is 1. The van der Waals surface area contributed by atoms with Gasteiger partial charge in [0.25, 0.3) is 5.91 Å². The van der Waals surface area contributed by atoms with Gasteiger partial charge in [0.05, 0.1) is 6.20 Å². The molecule has 1 saturated heterocycles. The fourth-order valence-corrected chi connectivity index (χ4v) is 3.14. The molecule has 112 valence electrons. The minimum absolute atomic E-state index is 0.0123. The molecule has 0 radical (unpaired) electrons. The predicted molar refractivity (Wildman–Crippen MR) is 80.9 cm³/mol. The molecule has 1 atom stereocenters. The number of carbonyl (C=O) groups is 1. The summed E-state index contributed by atoms with van der Waals surface area (Å²) in [7, 11) is 0. The average Bonchev–Trinajstić information content (AvgIpc) is 2.99. The maximum Gasteiger partial charge on any atom is 0.264 e. The van der Waals surface area contributed by atoms with Crippen molar-refractivity contribution in [2.45, 2.75) is 45.6 Å². The highest BCUT2D eigenvalue weighted by Gasteiger charge is 2.31. The first kappa shape index (κ1) is 15.4. The number of hydrogen-bond donors (Lipinski definition) is 1. The molecule has 0 spiro atoms. The van der Waals surface area contributed by atoms with E-state index in [1.807, 2.05) is 0 Å². The van der Waals surface area contributed by atoms with Gasteiger partial charge in [-0.15, -0.1) is 5.10 Å². The molecule has 2 rings (SSSR count). The van der Waals surface area contributed by atoms with Crippen LogP contribution in [0.15, 0.2) is 6.20 Å². The van der Waals surface area contributed by atoms with Gasteiger partial charge >= 0.3 is 0 Å². The van der Waals surface area contributed by atoms with Crippen molar-refractivity contribution in [2.75, 3.05) is 19.6 Å². The van der Waals surface area contributed by atoms with E-state index in [1.54, 1.807) is 0 Å². The fourth-order valence-electron chi connectivity index (χ4n) is 2.71. The zero-order chi connectivity index (χ0) is 14.6. The van der Waals surface area contributed by atoms with Gasteiger partial charge in [0, 0.05) is 18.6 Å². The lowest BCUT2D eigenvalue weighted by Gasteiger charge is -2.43. The van der Waals surface area contributed by atoms with E-state index < -0.39 is 0 Å². The summed E-state index contributed by atoms with van der Waals surface area (Å²) < 4.78 is 3.72. The van der Waals surface area contributed by atoms with Gasteiger partial charge in [-0.05, 0) is 50.7 Å². The van der Waals surface area contributed by atoms with E-state index in [1.165, 1.54) is 25.5 Å². The van der Waals surface area contributed by atoms with E-state index in [2.05, 4.69) is 40.6 Å². The van der Waals surface area contributed by atoms with Gasteiger partial charge in [-0.25, -0.2) is 0 Å². The minimum atomic E-state index is -0.0721. The molecule has 1 aliphatic heterocycles. The second-order valence-electron chi connectivity index (χ2n) is 6.14. The molecule has 0 aliphatic carbocycles. The smallest absolute Gasteiger partial charge is 0.264 e. The molecule has 5 nitrogen and oxygen atoms in total. The van der Waals surface area contributed by atoms with Crippen molar-refractivity contribution in [2.24, 2.45) is 5.92 Å². The zero-order valence-electron chi connectivity index (χ0n) is 12.6. The van der Waals surface area contributed by atoms with E-state index in [9.17, 15) is 4.79 Å². The zero-order valence-corrected chi connectivity index (χ0v) is 13.4. The molecule has 1 N–H and O–H groups in total. The van der Waals surface area contributed by atoms with Crippen LogP contribution in [-0.2, 0) is 0 Å². The molecule has 1 aliphatic rings. The van der Waals surface area contributed by atoms with Gasteiger partial charge in [-0.3, -0.25) is 9.69 Å². The molecular weight excluding hydrogens is 272 g/mol. The normalized spacial score (nSPS) is 20.9. The van der Waals surface area contributed by atoms with Crippen LogP contribution in [0.25, 0.3) is 0 Å². The topological polar surface area (TPSA) is 58.1 Å². The third kappa shape index (κ3) is 3.76. The van der Waals surface area contributed by atoms with Crippen molar-refractivity contribution in [3.8, 4) is 0 Å². The summed E-state index contributed by atoms with van der Waals surface area (Å²) in [5.41, 5.74) is -0.0123. The Labute approximate surface area is 124 Å². The molecule has 0 saturated carbocycles. The number of nitrogens with one attached hydrogen (secondary N) is 1. The Hall–Kier alpha value is -1.01. The van der Waals surface area contributed by atoms with Crippen LogP contribution in [0.3, 0.4) is 0 Å². The lowest BCUT2D eigenvalue weighted by Crippen LogP contribution is -2.54. The molecule has 1 aromatic rings. The molecule has 1 amide bonds. The van der Waals surface area contributed by atoms with E-state index in [4.69, 9.17) is 0 Å². The Morgan fingerprint density at radius 2 is 2.40 bits per heavy atom. The van der Waals surface area contributed by atoms with Crippen molar-refractivity contribution in [3.05, 3.63) is 11.1 Å². The third-order valence-corrected chi connectivity index (χ3v) is 4.88. The lowest BCUT2D eigenvalue weighted by atomic mass is 9.91. The van der Waals surface area contributed by atoms with Crippen LogP contribution in [0, 0.1) is 5.92 Å². The molecule has 0 unspecified atom stereocenters. The quantitative estimate of drug-likeness (QED) is 0.904. The molecule has 0 aromatic carbocycles. The maximum absolute atomic E-state index is 12.0. The van der Waals surface area contributed by atoms with Crippen LogP contribution in [0.5, 0.6) is 0 Å². The first-order chi connectivity index (χ1) is 9.53. The number of piperidine rings is 1. The van der Waals surface area contributed by atoms with Crippen LogP contribution in [-0.4, -0.2) is 45.6 Å². The van der Waals surface area contributed by atoms with Crippen LogP contribution < -0.4 is 5.32 Å². The van der Waals surface area contributed by atoms with Crippen molar-refractivity contribution in [3.63, 3.8) is 0 Å². The number of rotatable bonds is 5. The summed E-state index contributed by atoms with van der Waals surface area (Å²) in [6.07, 6.45) is 5.35. The summed E-state index contributed by atoms with van der Waals surface area (Å²) in [6.45, 7) is 9.59. The van der Waals surface area contributed by atoms with Crippen LogP contribution in [0.1, 0.15) is 49.7 Å². The second-order valence-corrected chi connectivity index (χ2v) is 6.93. The molecular formula is C14H24N4OS. The average molecular weight is 296 g/mol. The number of likely N-dealkylation sites (tertiary alicyclic amines) is 1. The summed E-state index contributed by atoms with van der Waals surface area (Å²) in [5.74, 6) is 0.724. The first-order valence-corrected chi connectivity index (χ1v) is 8.11. The van der Waals surface area contributed by atoms with Gasteiger partial charge in [-0.2, -0.15) is 0 Å². The van der Waals surface area contributed by atoms with Gasteiger partial charge in [0.2, 0.25) is 0 Å². The van der Waals surface area contributed by atoms with Crippen molar-refractivity contribution < 1.29 is 4.79 Å². The number of amides is 1. The Balaban J connectivity index is 1.88. The third-order valence-electron chi connectivity index (χ3n) is 4.22. The highest BCUT2D eigenvalue weighted by molar-refractivity contribution is 7.07. The van der Waals surface area contributed by atoms with Gasteiger partial charge in [0.1, 0.15) is 4.88 Å². The predicted octanol–water partition coefficient (Wildman–Crippen LogP) is 2.17. The van der Waals surface area contributed by atoms with E-state index >= 15 is 0 Å². The summed E-state index contributed by atoms with van der Waals surface area (Å²) in [6, 6.07) is 0. The second kappa shape index (κ2) is 6.63. The monoisotopic (exact) mass is 296 g/mol. The van der Waals surface area contributed by atoms with Crippen molar-refractivity contribution in [1.82, 2.24) is 19.8 Å². The highest BCUT2D eigenvalue weighted by atomic mass is 32.1. The first-order valence-electron chi connectivity index (χ1n) is 7.33. The maximum atomic E-state index is 12.0. The molecule has 1 aromatic heterocycles. The number of nitrogens with zero attached hydrogens (tertiary/aromatic N) is 3. The molecule has 20 heavy (non-hydrogen) atoms. The van der Waals surface area contributed by atoms with Gasteiger partial charge in [0.15, 0.2) is 0 Å². The van der Waals surface area contributed by atoms with Crippen LogP contribution in [0.2, 0.25) is 0 Å². The molecule has 0 bridgehead atoms. The Bertz CT molecular complexity index is 432. The minimum Gasteiger partial charge on any atom is -0.349 e. The summed E-state index contributed by atoms with van der Waals surface area (Å²) in [4.78, 5) is 15.0. The van der Waals surface area contributed by atoms with E-state index in [-0.39, 0.29) is 11.4 Å². The Kier molecular flexibility index (Phi) is 5.10. The standard InChI is InChI=1S/C14H24N4OS/c1-4-11-6-5-7-18(9-11)14(2,3)10-15-13(19)12-8-16-17-20-12/h8,11H,4-7,9-10H2,1-3H3,(H,15,19)/t11-/m1/s1. The van der Waals surface area contributed by atoms with Crippen LogP contribution >= 0.6 is 11.5 Å². The van der Waals surface area contributed by atoms with Crippen molar-refractivity contribution in [1.29, 1.82) is 0 Å². The van der Waals surface area contributed by atoms with E-state index in [0.717, 1.165) is 30.5 Å². The highest BCUT2D eigenvalue weighted by Crippen LogP contribution is 2.25. The SMILES string of the molecule is CC[C@@H]1CCCN(C(C)(C)CNC(=O)c2cnns2)C1. The van der Waals surface area contributed by atoms with Crippen LogP contribution in [0.4, 0.5) is 0 Å². The van der Waals surface area contributed by atoms with Crippen molar-refractivity contribution >= 4 is 17.4 Å². The van der Waals surface area contributed by atoms with Gasteiger partial charge < -0.3 is 5.32 Å². The lowest BCUT2D eigenvalue weighted by molar-refractivity contribution is 0.0613. The fraction of sp³-hybridized carbons (Fsp3) is 0.786. The van der Waals surface area contributed by atoms with E-state index in [0.29, 0.717) is 11.4 Å². The largest absolute Gasteiger partial charge is 0.349 e. The molecule has 1 fully saturated rings. The molecule has 2 heterocycles. The molecule has 6 heteroatoms.